The van der Waals surface area contributed by atoms with Crippen LogP contribution in [0.4, 0.5) is 4.79 Å². The predicted octanol–water partition coefficient (Wildman–Crippen LogP) is 5.11. The zero-order chi connectivity index (χ0) is 39.5. The first-order chi connectivity index (χ1) is 26.7. The van der Waals surface area contributed by atoms with Crippen molar-refractivity contribution >= 4 is 17.8 Å². The third kappa shape index (κ3) is 4.92. The smallest absolute Gasteiger partial charge is 0.415 e. The van der Waals surface area contributed by atoms with E-state index in [1.165, 1.54) is 7.11 Å². The van der Waals surface area contributed by atoms with E-state index in [2.05, 4.69) is 13.5 Å². The second kappa shape index (κ2) is 12.6. The van der Waals surface area contributed by atoms with E-state index in [0.717, 1.165) is 24.0 Å². The normalized spacial score (nSPS) is 38.5. The molecule has 5 fully saturated rings. The molecule has 7 aliphatic rings. The molecular weight excluding hydrogens is 716 g/mol. The fourth-order valence-corrected chi connectivity index (χ4v) is 11.8. The van der Waals surface area contributed by atoms with E-state index < -0.39 is 57.7 Å². The van der Waals surface area contributed by atoms with E-state index >= 15 is 0 Å². The first-order valence-corrected chi connectivity index (χ1v) is 19.6. The lowest BCUT2D eigenvalue weighted by molar-refractivity contribution is -0.471. The van der Waals surface area contributed by atoms with E-state index in [9.17, 15) is 19.5 Å². The van der Waals surface area contributed by atoms with Gasteiger partial charge in [0, 0.05) is 36.9 Å². The standard InChI is InChI=1S/C44H50N2O10/c1-26(2)41-25-39(4)24-40-19-27(3)36(48)42(40,50)20-30(16-32-37(41)54-43(55-41,56-44(32,39)40)21-28-10-7-6-8-11-28)23-52-35(47)18-29-13-14-33(34(17-29)51-5)53-38(49)46-15-9-12-31(46)22-45/h6-8,10-11,13-14,16-17,19,31-32,37,50H,1,9,12,15,18,20-25,45H2,2-5H3/t31?,32-,37+,39-,40-,41+,42-,43+,44-/m0/s1. The topological polar surface area (TPSA) is 156 Å². The summed E-state index contributed by atoms with van der Waals surface area (Å²) >= 11 is 0. The maximum absolute atomic E-state index is 14.2. The zero-order valence-electron chi connectivity index (χ0n) is 32.4. The van der Waals surface area contributed by atoms with Crippen molar-refractivity contribution in [1.82, 2.24) is 4.90 Å². The van der Waals surface area contributed by atoms with Crippen LogP contribution in [0.25, 0.3) is 0 Å². The summed E-state index contributed by atoms with van der Waals surface area (Å²) in [7, 11) is 1.46. The molecule has 0 radical (unpaired) electrons. The molecule has 2 aromatic rings. The molecule has 12 nitrogen and oxygen atoms in total. The summed E-state index contributed by atoms with van der Waals surface area (Å²) in [6.45, 7) is 11.1. The van der Waals surface area contributed by atoms with E-state index in [-0.39, 0.29) is 37.0 Å². The van der Waals surface area contributed by atoms with Gasteiger partial charge in [0.1, 0.15) is 29.5 Å². The Bertz CT molecular complexity index is 2100. The number of esters is 1. The number of hydrogen-bond donors (Lipinski definition) is 2. The maximum Gasteiger partial charge on any atom is 0.415 e. The monoisotopic (exact) mass is 766 g/mol. The molecule has 2 spiro atoms. The van der Waals surface area contributed by atoms with Gasteiger partial charge >= 0.3 is 12.1 Å². The average molecular weight is 767 g/mol. The first-order valence-electron chi connectivity index (χ1n) is 19.6. The first kappa shape index (κ1) is 37.3. The number of aliphatic hydroxyl groups is 1. The lowest BCUT2D eigenvalue weighted by atomic mass is 9.31. The largest absolute Gasteiger partial charge is 0.493 e. The number of rotatable bonds is 10. The molecule has 296 valence electrons. The number of fused-ring (bicyclic) bond motifs is 1. The quantitative estimate of drug-likeness (QED) is 0.245. The Morgan fingerprint density at radius 2 is 1.88 bits per heavy atom. The summed E-state index contributed by atoms with van der Waals surface area (Å²) in [6.07, 6.45) is 5.86. The number of ether oxygens (including phenoxy) is 6. The minimum absolute atomic E-state index is 0.0279. The number of nitrogens with two attached hydrogens (primary N) is 1. The van der Waals surface area contributed by atoms with Crippen molar-refractivity contribution < 1.29 is 47.9 Å². The van der Waals surface area contributed by atoms with Gasteiger partial charge in [-0.1, -0.05) is 62.1 Å². The number of benzene rings is 2. The van der Waals surface area contributed by atoms with Gasteiger partial charge in [0.05, 0.1) is 25.4 Å². The van der Waals surface area contributed by atoms with Crippen LogP contribution in [0, 0.1) is 16.7 Å². The van der Waals surface area contributed by atoms with Crippen LogP contribution in [0.3, 0.4) is 0 Å². The Balaban J connectivity index is 1.00. The van der Waals surface area contributed by atoms with Crippen LogP contribution < -0.4 is 15.2 Å². The molecule has 2 aromatic carbocycles. The molecule has 9 atom stereocenters. The summed E-state index contributed by atoms with van der Waals surface area (Å²) < 4.78 is 38.4. The maximum atomic E-state index is 14.2. The second-order valence-electron chi connectivity index (χ2n) is 17.3. The number of carbonyl (C=O) groups is 3. The molecule has 2 saturated carbocycles. The molecule has 4 aliphatic carbocycles. The van der Waals surface area contributed by atoms with E-state index in [1.54, 1.807) is 30.0 Å². The van der Waals surface area contributed by atoms with Crippen LogP contribution in [0.1, 0.15) is 64.0 Å². The molecule has 3 aliphatic heterocycles. The number of Topliss-reactive ketones (excluding diaryl/α,β-unsaturated/α-hetero) is 1. The predicted molar refractivity (Wildman–Crippen MR) is 202 cm³/mol. The molecule has 1 unspecified atom stereocenters. The van der Waals surface area contributed by atoms with Crippen LogP contribution in [-0.4, -0.2) is 89.6 Å². The third-order valence-electron chi connectivity index (χ3n) is 14.0. The van der Waals surface area contributed by atoms with Gasteiger partial charge in [0.2, 0.25) is 0 Å². The molecule has 3 heterocycles. The summed E-state index contributed by atoms with van der Waals surface area (Å²) in [5, 5.41) is 12.8. The molecule has 12 heteroatoms. The van der Waals surface area contributed by atoms with Gasteiger partial charge in [-0.2, -0.15) is 0 Å². The van der Waals surface area contributed by atoms with Crippen molar-refractivity contribution in [2.75, 3.05) is 26.8 Å². The number of carbonyl (C=O) groups excluding carboxylic acids is 3. The van der Waals surface area contributed by atoms with Crippen LogP contribution in [0.15, 0.2) is 84.0 Å². The highest BCUT2D eigenvalue weighted by molar-refractivity contribution is 6.06. The number of nitrogens with zero attached hydrogens (tertiary/aromatic N) is 1. The van der Waals surface area contributed by atoms with Crippen molar-refractivity contribution in [3.8, 4) is 11.5 Å². The number of methoxy groups -OCH3 is 1. The van der Waals surface area contributed by atoms with Crippen molar-refractivity contribution in [2.45, 2.75) is 101 Å². The highest BCUT2D eigenvalue weighted by Gasteiger charge is 2.92. The Kier molecular flexibility index (Phi) is 8.37. The third-order valence-corrected chi connectivity index (χ3v) is 14.0. The summed E-state index contributed by atoms with van der Waals surface area (Å²) in [6, 6.07) is 14.7. The van der Waals surface area contributed by atoms with E-state index in [4.69, 9.17) is 34.2 Å². The van der Waals surface area contributed by atoms with Gasteiger partial charge in [-0.15, -0.1) is 0 Å². The van der Waals surface area contributed by atoms with Crippen LogP contribution in [0.5, 0.6) is 11.5 Å². The number of amides is 1. The lowest BCUT2D eigenvalue weighted by Gasteiger charge is -2.77. The SMILES string of the molecule is C=C(C)[C@]12C[C@]3(C)C[C@@]45C=C(C)C(=O)[C@@]4(O)CC(COC(=O)Cc4ccc(OC(=O)N6CCCC6CN)c(OC)c4)=C[C@H]4[C@H]1O[C@@](Cc1ccccc1)(O[C@@]435)O2. The summed E-state index contributed by atoms with van der Waals surface area (Å²) in [4.78, 5) is 42.2. The van der Waals surface area contributed by atoms with Crippen molar-refractivity contribution in [2.24, 2.45) is 22.5 Å². The van der Waals surface area contributed by atoms with Crippen LogP contribution in [0.2, 0.25) is 0 Å². The molecule has 56 heavy (non-hydrogen) atoms. The highest BCUT2D eigenvalue weighted by Crippen LogP contribution is 2.84. The van der Waals surface area contributed by atoms with Gasteiger partial charge in [-0.25, -0.2) is 4.79 Å². The fourth-order valence-electron chi connectivity index (χ4n) is 11.8. The summed E-state index contributed by atoms with van der Waals surface area (Å²) in [5.41, 5.74) is 3.92. The van der Waals surface area contributed by atoms with Gasteiger partial charge < -0.3 is 44.2 Å². The van der Waals surface area contributed by atoms with Gasteiger partial charge in [-0.3, -0.25) is 9.59 Å². The van der Waals surface area contributed by atoms with Crippen LogP contribution >= 0.6 is 0 Å². The highest BCUT2D eigenvalue weighted by atomic mass is 16.9. The zero-order valence-corrected chi connectivity index (χ0v) is 32.4. The molecule has 0 aromatic heterocycles. The van der Waals surface area contributed by atoms with E-state index in [0.29, 0.717) is 54.8 Å². The molecule has 3 saturated heterocycles. The Morgan fingerprint density at radius 3 is 2.61 bits per heavy atom. The molecule has 9 rings (SSSR count). The lowest BCUT2D eigenvalue weighted by Crippen LogP contribution is -2.85. The minimum Gasteiger partial charge on any atom is -0.493 e. The average Bonchev–Trinajstić information content (AvgIpc) is 3.78. The number of ketones is 1. The Hall–Kier alpha value is -4.33. The summed E-state index contributed by atoms with van der Waals surface area (Å²) in [5.74, 6) is -2.27. The number of hydrogen-bond acceptors (Lipinski definition) is 11. The second-order valence-corrected chi connectivity index (χ2v) is 17.3. The molecule has 3 bridgehead atoms. The minimum atomic E-state index is -1.84. The van der Waals surface area contributed by atoms with Crippen molar-refractivity contribution in [1.29, 1.82) is 0 Å². The van der Waals surface area contributed by atoms with Crippen molar-refractivity contribution in [3.05, 3.63) is 95.1 Å². The van der Waals surface area contributed by atoms with Crippen molar-refractivity contribution in [3.63, 3.8) is 0 Å². The number of likely N-dealkylation sites (tertiary alicyclic amines) is 1. The van der Waals surface area contributed by atoms with E-state index in [1.807, 2.05) is 49.4 Å². The Morgan fingerprint density at radius 1 is 1.09 bits per heavy atom. The van der Waals surface area contributed by atoms with Gasteiger partial charge in [0.25, 0.3) is 5.97 Å². The molecular formula is C44H50N2O10. The fraction of sp³-hybridized carbons (Fsp3) is 0.523. The Labute approximate surface area is 326 Å². The van der Waals surface area contributed by atoms with Crippen LogP contribution in [-0.2, 0) is 41.4 Å². The molecule has 1 amide bonds. The van der Waals surface area contributed by atoms with Gasteiger partial charge in [0.15, 0.2) is 17.3 Å². The van der Waals surface area contributed by atoms with Gasteiger partial charge in [-0.05, 0) is 79.5 Å². The molecule has 3 N–H and O–H groups in total.